The molecule has 9 aromatic rings. The van der Waals surface area contributed by atoms with E-state index in [0.717, 1.165) is 17.1 Å². The molecular formula is C68H73N3. The van der Waals surface area contributed by atoms with Gasteiger partial charge in [-0.3, -0.25) is 0 Å². The highest BCUT2D eigenvalue weighted by atomic mass is 15.2. The van der Waals surface area contributed by atoms with Gasteiger partial charge in [0.2, 0.25) is 0 Å². The molecule has 0 unspecified atom stereocenters. The molecule has 0 radical (unpaired) electrons. The Labute approximate surface area is 424 Å². The summed E-state index contributed by atoms with van der Waals surface area (Å²) in [6.45, 7) is 37.6. The molecule has 8 aromatic carbocycles. The van der Waals surface area contributed by atoms with Crippen LogP contribution in [0, 0.1) is 0 Å². The lowest BCUT2D eigenvalue weighted by atomic mass is 9.70. The average molecular weight is 932 g/mol. The van der Waals surface area contributed by atoms with Crippen LogP contribution in [0.5, 0.6) is 0 Å². The van der Waals surface area contributed by atoms with Crippen LogP contribution in [0.3, 0.4) is 0 Å². The molecule has 3 heteroatoms. The molecule has 0 saturated heterocycles. The molecule has 71 heavy (non-hydrogen) atoms. The Morgan fingerprint density at radius 3 is 0.972 bits per heavy atom. The smallest absolute Gasteiger partial charge is 0.0561 e. The molecule has 0 N–H and O–H groups in total. The average Bonchev–Trinajstić information content (AvgIpc) is 3.63. The predicted octanol–water partition coefficient (Wildman–Crippen LogP) is 19.3. The highest BCUT2D eigenvalue weighted by molar-refractivity contribution is 6.12. The lowest BCUT2D eigenvalue weighted by molar-refractivity contribution is 0.572. The third-order valence-corrected chi connectivity index (χ3v) is 16.3. The lowest BCUT2D eigenvalue weighted by Gasteiger charge is -2.43. The quantitative estimate of drug-likeness (QED) is 0.175. The summed E-state index contributed by atoms with van der Waals surface area (Å²) in [5.74, 6) is 0. The van der Waals surface area contributed by atoms with Crippen molar-refractivity contribution >= 4 is 66.7 Å². The fraction of sp³-hybridized carbons (Fsp3) is 0.324. The maximum absolute atomic E-state index is 2.54. The highest BCUT2D eigenvalue weighted by Gasteiger charge is 2.41. The number of anilines is 6. The van der Waals surface area contributed by atoms with Crippen molar-refractivity contribution in [3.8, 4) is 5.69 Å². The summed E-state index contributed by atoms with van der Waals surface area (Å²) in [6, 6.07) is 59.1. The first-order valence-electron chi connectivity index (χ1n) is 26.0. The van der Waals surface area contributed by atoms with Crippen molar-refractivity contribution in [2.45, 2.75) is 143 Å². The molecular weight excluding hydrogens is 859 g/mol. The van der Waals surface area contributed by atoms with Crippen molar-refractivity contribution in [3.05, 3.63) is 196 Å². The molecule has 2 aliphatic rings. The van der Waals surface area contributed by atoms with Gasteiger partial charge in [0.25, 0.3) is 0 Å². The molecule has 0 amide bonds. The first-order chi connectivity index (χ1) is 33.2. The van der Waals surface area contributed by atoms with Gasteiger partial charge in [-0.1, -0.05) is 202 Å². The molecule has 3 heterocycles. The van der Waals surface area contributed by atoms with Gasteiger partial charge in [-0.25, -0.2) is 0 Å². The van der Waals surface area contributed by atoms with E-state index >= 15 is 0 Å². The van der Waals surface area contributed by atoms with Crippen molar-refractivity contribution in [1.82, 2.24) is 4.57 Å². The van der Waals surface area contributed by atoms with Crippen LogP contribution in [0.1, 0.15) is 155 Å². The number of benzene rings is 8. The minimum Gasteiger partial charge on any atom is -0.310 e. The molecule has 0 bridgehead atoms. The molecule has 0 fully saturated rings. The van der Waals surface area contributed by atoms with Crippen LogP contribution in [-0.2, 0) is 32.5 Å². The number of rotatable bonds is 3. The van der Waals surface area contributed by atoms with Crippen molar-refractivity contribution in [3.63, 3.8) is 0 Å². The normalized spacial score (nSPS) is 15.5. The van der Waals surface area contributed by atoms with E-state index in [1.54, 1.807) is 0 Å². The maximum Gasteiger partial charge on any atom is 0.0561 e. The number of aromatic nitrogens is 1. The zero-order valence-electron chi connectivity index (χ0n) is 45.3. The van der Waals surface area contributed by atoms with Crippen LogP contribution in [0.2, 0.25) is 0 Å². The Morgan fingerprint density at radius 1 is 0.310 bits per heavy atom. The molecule has 11 rings (SSSR count). The Kier molecular flexibility index (Phi) is 10.2. The second-order valence-electron chi connectivity index (χ2n) is 26.1. The Hall–Kier alpha value is -6.58. The van der Waals surface area contributed by atoms with Gasteiger partial charge in [0, 0.05) is 38.7 Å². The number of fused-ring (bicyclic) bond motifs is 8. The van der Waals surface area contributed by atoms with Crippen LogP contribution in [0.4, 0.5) is 34.1 Å². The maximum atomic E-state index is 2.54. The third kappa shape index (κ3) is 7.43. The standard InChI is InChI=1S/C68H73N3/c1-63(2,3)44-22-31-57-53(36-44)67(13,14)54-37-45(64(4,5)6)23-32-58(54)69(57)49-27-29-51-52-30-28-50(41-62(52)71(61(51)40-49)48-26-21-42-19-17-18-20-43(42)35-48)70-59-33-24-46(65(7,8)9)38-55(59)68(15,16)56-39-47(66(10,11)12)25-34-60(56)70/h17-41H,1-16H3. The number of hydrogen-bond donors (Lipinski definition) is 0. The topological polar surface area (TPSA) is 11.4 Å². The summed E-state index contributed by atoms with van der Waals surface area (Å²) in [5, 5.41) is 4.93. The molecule has 0 aliphatic carbocycles. The van der Waals surface area contributed by atoms with Gasteiger partial charge in [0.15, 0.2) is 0 Å². The molecule has 3 nitrogen and oxygen atoms in total. The fourth-order valence-corrected chi connectivity index (χ4v) is 11.8. The Balaban J connectivity index is 1.18. The van der Waals surface area contributed by atoms with E-state index in [-0.39, 0.29) is 32.5 Å². The summed E-state index contributed by atoms with van der Waals surface area (Å²) in [4.78, 5) is 5.09. The van der Waals surface area contributed by atoms with Gasteiger partial charge in [-0.2, -0.15) is 0 Å². The Morgan fingerprint density at radius 2 is 0.634 bits per heavy atom. The van der Waals surface area contributed by atoms with Crippen molar-refractivity contribution in [1.29, 1.82) is 0 Å². The first kappa shape index (κ1) is 46.8. The third-order valence-electron chi connectivity index (χ3n) is 16.3. The van der Waals surface area contributed by atoms with Gasteiger partial charge < -0.3 is 14.4 Å². The van der Waals surface area contributed by atoms with E-state index in [9.17, 15) is 0 Å². The van der Waals surface area contributed by atoms with Crippen LogP contribution in [0.15, 0.2) is 152 Å². The van der Waals surface area contributed by atoms with Crippen LogP contribution in [-0.4, -0.2) is 4.57 Å². The Bertz CT molecular complexity index is 3300. The monoisotopic (exact) mass is 932 g/mol. The SMILES string of the molecule is CC(C)(C)c1ccc2c(c1)C(C)(C)c1cc(C(C)(C)C)ccc1N2c1ccc2c3ccc(N4c5ccc(C(C)(C)C)cc5C(C)(C)c5cc(C(C)(C)C)ccc54)cc3n(-c3ccc4ccccc4c3)c2c1. The number of hydrogen-bond acceptors (Lipinski definition) is 2. The second-order valence-corrected chi connectivity index (χ2v) is 26.1. The molecule has 0 saturated carbocycles. The fourth-order valence-electron chi connectivity index (χ4n) is 11.8. The summed E-state index contributed by atoms with van der Waals surface area (Å²) in [5.41, 5.74) is 21.3. The van der Waals surface area contributed by atoms with E-state index < -0.39 is 0 Å². The van der Waals surface area contributed by atoms with Crippen molar-refractivity contribution in [2.24, 2.45) is 0 Å². The summed E-state index contributed by atoms with van der Waals surface area (Å²) >= 11 is 0. The minimum atomic E-state index is -0.215. The van der Waals surface area contributed by atoms with E-state index in [4.69, 9.17) is 0 Å². The minimum absolute atomic E-state index is 0.0152. The molecule has 2 aliphatic heterocycles. The highest BCUT2D eigenvalue weighted by Crippen LogP contribution is 2.56. The van der Waals surface area contributed by atoms with Gasteiger partial charge >= 0.3 is 0 Å². The zero-order valence-corrected chi connectivity index (χ0v) is 45.3. The summed E-state index contributed by atoms with van der Waals surface area (Å²) in [7, 11) is 0. The molecule has 360 valence electrons. The molecule has 0 spiro atoms. The second kappa shape index (κ2) is 15.5. The van der Waals surface area contributed by atoms with Gasteiger partial charge in [0.05, 0.1) is 33.8 Å². The number of nitrogens with zero attached hydrogens (tertiary/aromatic N) is 3. The van der Waals surface area contributed by atoms with Crippen LogP contribution < -0.4 is 9.80 Å². The van der Waals surface area contributed by atoms with Gasteiger partial charge in [-0.15, -0.1) is 0 Å². The molecule has 0 atom stereocenters. The summed E-state index contributed by atoms with van der Waals surface area (Å²) < 4.78 is 2.53. The van der Waals surface area contributed by atoms with Crippen molar-refractivity contribution in [2.75, 3.05) is 9.80 Å². The zero-order chi connectivity index (χ0) is 50.5. The first-order valence-corrected chi connectivity index (χ1v) is 26.0. The lowest BCUT2D eigenvalue weighted by Crippen LogP contribution is -2.32. The van der Waals surface area contributed by atoms with Gasteiger partial charge in [0.1, 0.15) is 0 Å². The largest absolute Gasteiger partial charge is 0.310 e. The van der Waals surface area contributed by atoms with E-state index in [2.05, 4.69) is 277 Å². The van der Waals surface area contributed by atoms with Crippen LogP contribution >= 0.6 is 0 Å². The van der Waals surface area contributed by atoms with E-state index in [1.807, 2.05) is 0 Å². The summed E-state index contributed by atoms with van der Waals surface area (Å²) in [6.07, 6.45) is 0. The van der Waals surface area contributed by atoms with Gasteiger partial charge in [-0.05, 0) is 138 Å². The van der Waals surface area contributed by atoms with E-state index in [0.29, 0.717) is 0 Å². The van der Waals surface area contributed by atoms with E-state index in [1.165, 1.54) is 99.8 Å². The van der Waals surface area contributed by atoms with Crippen LogP contribution in [0.25, 0.3) is 38.3 Å². The van der Waals surface area contributed by atoms with Crippen molar-refractivity contribution < 1.29 is 0 Å². The molecule has 1 aromatic heterocycles. The predicted molar refractivity (Wildman–Crippen MR) is 307 cm³/mol.